The third-order valence-electron chi connectivity index (χ3n) is 3.98. The van der Waals surface area contributed by atoms with Crippen molar-refractivity contribution in [3.05, 3.63) is 11.9 Å². The summed E-state index contributed by atoms with van der Waals surface area (Å²) in [5, 5.41) is 0. The molecule has 0 aromatic carbocycles. The lowest BCUT2D eigenvalue weighted by atomic mass is 9.92. The molecular weight excluding hydrogens is 266 g/mol. The van der Waals surface area contributed by atoms with Crippen molar-refractivity contribution < 1.29 is 4.79 Å². The molecule has 1 aromatic rings. The van der Waals surface area contributed by atoms with Crippen molar-refractivity contribution in [3.63, 3.8) is 0 Å². The summed E-state index contributed by atoms with van der Waals surface area (Å²) < 4.78 is 0. The fourth-order valence-corrected chi connectivity index (χ4v) is 2.59. The highest BCUT2D eigenvalue weighted by Gasteiger charge is 2.30. The van der Waals surface area contributed by atoms with Crippen LogP contribution in [0.2, 0.25) is 0 Å². The predicted octanol–water partition coefficient (Wildman–Crippen LogP) is 1.45. The molecule has 2 rings (SSSR count). The van der Waals surface area contributed by atoms with Crippen LogP contribution in [-0.2, 0) is 10.2 Å². The molecule has 1 amide bonds. The third kappa shape index (κ3) is 3.43. The molecule has 1 aromatic heterocycles. The van der Waals surface area contributed by atoms with Gasteiger partial charge < -0.3 is 16.4 Å². The molecule has 1 fully saturated rings. The number of rotatable bonds is 2. The van der Waals surface area contributed by atoms with E-state index in [4.69, 9.17) is 11.5 Å². The van der Waals surface area contributed by atoms with Gasteiger partial charge in [-0.3, -0.25) is 4.79 Å². The van der Waals surface area contributed by atoms with Crippen LogP contribution in [0.4, 0.5) is 11.6 Å². The van der Waals surface area contributed by atoms with E-state index in [0.717, 1.165) is 18.7 Å². The number of aromatic nitrogens is 2. The Balaban J connectivity index is 2.35. The number of nitrogen functional groups attached to an aromatic ring is 1. The monoisotopic (exact) mass is 291 g/mol. The van der Waals surface area contributed by atoms with Crippen LogP contribution in [-0.4, -0.2) is 28.5 Å². The van der Waals surface area contributed by atoms with Crippen LogP contribution in [0.1, 0.15) is 46.4 Å². The van der Waals surface area contributed by atoms with Gasteiger partial charge in [0.15, 0.2) is 0 Å². The first-order valence-electron chi connectivity index (χ1n) is 7.39. The van der Waals surface area contributed by atoms with Crippen LogP contribution < -0.4 is 16.4 Å². The van der Waals surface area contributed by atoms with Crippen molar-refractivity contribution >= 4 is 17.5 Å². The number of carbonyl (C=O) groups excluding carboxylic acids is 1. The topological polar surface area (TPSA) is 98.1 Å². The van der Waals surface area contributed by atoms with E-state index in [-0.39, 0.29) is 17.2 Å². The zero-order chi connectivity index (χ0) is 15.8. The molecule has 0 radical (unpaired) electrons. The quantitative estimate of drug-likeness (QED) is 0.859. The maximum Gasteiger partial charge on any atom is 0.222 e. The van der Waals surface area contributed by atoms with Gasteiger partial charge in [-0.05, 0) is 19.8 Å². The fourth-order valence-electron chi connectivity index (χ4n) is 2.59. The Bertz CT molecular complexity index is 537. The normalized spacial score (nSPS) is 23.1. The van der Waals surface area contributed by atoms with E-state index in [9.17, 15) is 4.79 Å². The fraction of sp³-hybridized carbons (Fsp3) is 0.667. The third-order valence-corrected chi connectivity index (χ3v) is 3.98. The lowest BCUT2D eigenvalue weighted by Crippen LogP contribution is -2.46. The minimum Gasteiger partial charge on any atom is -0.384 e. The highest BCUT2D eigenvalue weighted by Crippen LogP contribution is 2.29. The van der Waals surface area contributed by atoms with E-state index in [2.05, 4.69) is 42.6 Å². The minimum atomic E-state index is -0.245. The van der Waals surface area contributed by atoms with Crippen molar-refractivity contribution in [2.75, 3.05) is 17.2 Å². The number of nitrogens with zero attached hydrogens (tertiary/aromatic N) is 3. The second-order valence-electron chi connectivity index (χ2n) is 6.90. The van der Waals surface area contributed by atoms with E-state index in [1.54, 1.807) is 6.07 Å². The summed E-state index contributed by atoms with van der Waals surface area (Å²) in [6.45, 7) is 8.88. The number of amides is 1. The molecule has 0 spiro atoms. The predicted molar refractivity (Wildman–Crippen MR) is 83.9 cm³/mol. The van der Waals surface area contributed by atoms with Gasteiger partial charge in [0.2, 0.25) is 5.91 Å². The average Bonchev–Trinajstić information content (AvgIpc) is 2.37. The van der Waals surface area contributed by atoms with Crippen molar-refractivity contribution in [2.24, 2.45) is 11.7 Å². The van der Waals surface area contributed by atoms with Gasteiger partial charge in [-0.2, -0.15) is 0 Å². The first-order chi connectivity index (χ1) is 9.68. The van der Waals surface area contributed by atoms with E-state index < -0.39 is 0 Å². The molecule has 1 aliphatic heterocycles. The molecule has 0 bridgehead atoms. The van der Waals surface area contributed by atoms with Crippen molar-refractivity contribution in [2.45, 2.75) is 52.0 Å². The summed E-state index contributed by atoms with van der Waals surface area (Å²) in [4.78, 5) is 22.6. The Hall–Kier alpha value is -1.85. The number of primary amides is 1. The Morgan fingerprint density at radius 1 is 1.33 bits per heavy atom. The van der Waals surface area contributed by atoms with Gasteiger partial charge >= 0.3 is 0 Å². The van der Waals surface area contributed by atoms with E-state index >= 15 is 0 Å². The van der Waals surface area contributed by atoms with Crippen LogP contribution >= 0.6 is 0 Å². The molecule has 2 atom stereocenters. The van der Waals surface area contributed by atoms with Crippen LogP contribution in [0.25, 0.3) is 0 Å². The lowest BCUT2D eigenvalue weighted by Gasteiger charge is -2.38. The maximum absolute atomic E-state index is 11.5. The average molecular weight is 291 g/mol. The molecule has 0 aliphatic carbocycles. The summed E-state index contributed by atoms with van der Waals surface area (Å²) >= 11 is 0. The summed E-state index contributed by atoms with van der Waals surface area (Å²) in [5.41, 5.74) is 11.2. The molecular formula is C15H25N5O. The standard InChI is InChI=1S/C15H25N5O/c1-9-5-6-10(13(17)21)8-20(9)12-7-11(16)18-14(19-12)15(2,3)4/h7,9-10H,5-6,8H2,1-4H3,(H2,17,21)(H2,16,18,19). The summed E-state index contributed by atoms with van der Waals surface area (Å²) in [7, 11) is 0. The Labute approximate surface area is 125 Å². The highest BCUT2D eigenvalue weighted by atomic mass is 16.1. The highest BCUT2D eigenvalue weighted by molar-refractivity contribution is 5.77. The zero-order valence-corrected chi connectivity index (χ0v) is 13.3. The van der Waals surface area contributed by atoms with Crippen LogP contribution in [0.5, 0.6) is 0 Å². The number of hydrogen-bond acceptors (Lipinski definition) is 5. The number of hydrogen-bond donors (Lipinski definition) is 2. The first-order valence-corrected chi connectivity index (χ1v) is 7.39. The molecule has 4 N–H and O–H groups in total. The number of anilines is 2. The van der Waals surface area contributed by atoms with Crippen LogP contribution in [0, 0.1) is 5.92 Å². The van der Waals surface area contributed by atoms with Gasteiger partial charge in [0.1, 0.15) is 17.5 Å². The molecule has 21 heavy (non-hydrogen) atoms. The van der Waals surface area contributed by atoms with Gasteiger partial charge in [-0.15, -0.1) is 0 Å². The van der Waals surface area contributed by atoms with E-state index in [1.165, 1.54) is 0 Å². The van der Waals surface area contributed by atoms with Crippen molar-refractivity contribution in [1.29, 1.82) is 0 Å². The maximum atomic E-state index is 11.5. The SMILES string of the molecule is CC1CCC(C(N)=O)CN1c1cc(N)nc(C(C)(C)C)n1. The minimum absolute atomic E-state index is 0.129. The molecule has 6 nitrogen and oxygen atoms in total. The molecule has 6 heteroatoms. The molecule has 2 unspecified atom stereocenters. The van der Waals surface area contributed by atoms with E-state index in [1.807, 2.05) is 0 Å². The summed E-state index contributed by atoms with van der Waals surface area (Å²) in [6.07, 6.45) is 1.75. The number of nitrogens with two attached hydrogens (primary N) is 2. The van der Waals surface area contributed by atoms with Gasteiger partial charge in [0, 0.05) is 24.1 Å². The first kappa shape index (κ1) is 15.5. The van der Waals surface area contributed by atoms with Crippen molar-refractivity contribution in [1.82, 2.24) is 9.97 Å². The Kier molecular flexibility index (Phi) is 4.07. The van der Waals surface area contributed by atoms with Crippen LogP contribution in [0.3, 0.4) is 0 Å². The molecule has 0 saturated carbocycles. The molecule has 1 aliphatic rings. The second kappa shape index (κ2) is 5.50. The Morgan fingerprint density at radius 3 is 2.57 bits per heavy atom. The number of piperidine rings is 1. The summed E-state index contributed by atoms with van der Waals surface area (Å²) in [6, 6.07) is 2.08. The smallest absolute Gasteiger partial charge is 0.222 e. The van der Waals surface area contributed by atoms with Gasteiger partial charge in [0.05, 0.1) is 5.92 Å². The zero-order valence-electron chi connectivity index (χ0n) is 13.3. The van der Waals surface area contributed by atoms with Gasteiger partial charge in [-0.1, -0.05) is 20.8 Å². The largest absolute Gasteiger partial charge is 0.384 e. The van der Waals surface area contributed by atoms with Gasteiger partial charge in [0.25, 0.3) is 0 Å². The number of carbonyl (C=O) groups is 1. The van der Waals surface area contributed by atoms with Crippen molar-refractivity contribution in [3.8, 4) is 0 Å². The molecule has 116 valence electrons. The molecule has 2 heterocycles. The molecule has 1 saturated heterocycles. The Morgan fingerprint density at radius 2 is 2.00 bits per heavy atom. The van der Waals surface area contributed by atoms with Gasteiger partial charge in [-0.25, -0.2) is 9.97 Å². The summed E-state index contributed by atoms with van der Waals surface area (Å²) in [5.74, 6) is 1.58. The lowest BCUT2D eigenvalue weighted by molar-refractivity contribution is -0.122. The second-order valence-corrected chi connectivity index (χ2v) is 6.90. The van der Waals surface area contributed by atoms with Crippen LogP contribution in [0.15, 0.2) is 6.07 Å². The van der Waals surface area contributed by atoms with E-state index in [0.29, 0.717) is 24.2 Å².